The fourth-order valence-corrected chi connectivity index (χ4v) is 3.23. The number of hydrogen-bond donors (Lipinski definition) is 2. The van der Waals surface area contributed by atoms with Gasteiger partial charge in [-0.1, -0.05) is 50.2 Å². The number of rotatable bonds is 4. The molecular weight excluding hydrogens is 338 g/mol. The van der Waals surface area contributed by atoms with Crippen LogP contribution in [0.2, 0.25) is 0 Å². The van der Waals surface area contributed by atoms with E-state index in [1.807, 2.05) is 42.5 Å². The molecule has 0 aliphatic rings. The molecule has 3 N–H and O–H groups in total. The largest absolute Gasteiger partial charge is 0.399 e. The summed E-state index contributed by atoms with van der Waals surface area (Å²) in [6, 6.07) is 15.6. The Bertz CT molecular complexity index is 1160. The maximum atomic E-state index is 12.4. The second-order valence-electron chi connectivity index (χ2n) is 6.93. The highest BCUT2D eigenvalue weighted by atomic mass is 16.1. The first-order valence-electron chi connectivity index (χ1n) is 8.92. The number of nitrogen functional groups attached to an aromatic ring is 1. The fraction of sp³-hybridized carbons (Fsp3) is 0.190. The number of nitrogens with one attached hydrogen (secondary N) is 1. The van der Waals surface area contributed by atoms with Crippen LogP contribution in [-0.2, 0) is 6.54 Å². The Morgan fingerprint density at radius 1 is 1.11 bits per heavy atom. The van der Waals surface area contributed by atoms with E-state index < -0.39 is 0 Å². The molecule has 4 aromatic rings. The number of nitrogens with two attached hydrogens (primary N) is 1. The van der Waals surface area contributed by atoms with E-state index in [1.165, 1.54) is 5.56 Å². The maximum absolute atomic E-state index is 12.4. The summed E-state index contributed by atoms with van der Waals surface area (Å²) in [7, 11) is 0. The molecule has 0 aliphatic carbocycles. The molecule has 0 bridgehead atoms. The van der Waals surface area contributed by atoms with Crippen molar-refractivity contribution in [1.29, 1.82) is 0 Å². The smallest absolute Gasteiger partial charge is 0.328 e. The summed E-state index contributed by atoms with van der Waals surface area (Å²) in [6.45, 7) is 4.71. The normalized spacial score (nSPS) is 11.4. The van der Waals surface area contributed by atoms with Crippen LogP contribution in [0, 0.1) is 0 Å². The van der Waals surface area contributed by atoms with Crippen LogP contribution in [0.15, 0.2) is 59.5 Å². The lowest BCUT2D eigenvalue weighted by atomic mass is 9.97. The van der Waals surface area contributed by atoms with E-state index in [1.54, 1.807) is 10.8 Å². The van der Waals surface area contributed by atoms with Gasteiger partial charge in [-0.15, -0.1) is 0 Å². The molecule has 0 saturated carbocycles. The van der Waals surface area contributed by atoms with Crippen LogP contribution < -0.4 is 11.4 Å². The number of imidazole rings is 1. The Morgan fingerprint density at radius 2 is 1.85 bits per heavy atom. The molecule has 0 radical (unpaired) electrons. The van der Waals surface area contributed by atoms with E-state index in [0.717, 1.165) is 11.1 Å². The Morgan fingerprint density at radius 3 is 2.59 bits per heavy atom. The highest BCUT2D eigenvalue weighted by Crippen LogP contribution is 2.27. The van der Waals surface area contributed by atoms with Crippen molar-refractivity contribution in [2.45, 2.75) is 26.3 Å². The number of H-pyrrole nitrogens is 1. The Hall–Kier alpha value is -3.41. The second-order valence-corrected chi connectivity index (χ2v) is 6.93. The molecule has 0 unspecified atom stereocenters. The zero-order valence-corrected chi connectivity index (χ0v) is 15.3. The van der Waals surface area contributed by atoms with Crippen molar-refractivity contribution in [3.8, 4) is 11.4 Å². The van der Waals surface area contributed by atoms with Crippen molar-refractivity contribution < 1.29 is 0 Å². The van der Waals surface area contributed by atoms with Crippen LogP contribution in [0.1, 0.15) is 30.9 Å². The van der Waals surface area contributed by atoms with Gasteiger partial charge in [-0.05, 0) is 29.2 Å². The van der Waals surface area contributed by atoms with Gasteiger partial charge >= 0.3 is 5.69 Å². The van der Waals surface area contributed by atoms with E-state index in [9.17, 15) is 4.79 Å². The molecule has 0 saturated heterocycles. The average Bonchev–Trinajstić information content (AvgIpc) is 2.98. The van der Waals surface area contributed by atoms with Crippen LogP contribution >= 0.6 is 0 Å². The van der Waals surface area contributed by atoms with Crippen LogP contribution in [0.4, 0.5) is 5.69 Å². The molecule has 136 valence electrons. The molecule has 2 aromatic carbocycles. The summed E-state index contributed by atoms with van der Waals surface area (Å²) in [5.41, 5.74) is 10.6. The van der Waals surface area contributed by atoms with Gasteiger partial charge in [0.15, 0.2) is 11.5 Å². The molecule has 6 heteroatoms. The molecule has 0 fully saturated rings. The molecule has 6 nitrogen and oxygen atoms in total. The molecule has 0 aliphatic heterocycles. The standard InChI is InChI=1S/C21H21N5O/c1-13(2)16-5-3-4-6-17(16)19-23-11-18-20(25-19)26(21(27)24-18)12-14-7-9-15(22)10-8-14/h3-11,13H,12,22H2,1-2H3,(H,24,27). The van der Waals surface area contributed by atoms with Crippen LogP contribution in [-0.4, -0.2) is 19.5 Å². The quantitative estimate of drug-likeness (QED) is 0.545. The van der Waals surface area contributed by atoms with Gasteiger partial charge in [0.05, 0.1) is 12.7 Å². The first kappa shape index (κ1) is 17.0. The zero-order chi connectivity index (χ0) is 19.0. The number of anilines is 1. The van der Waals surface area contributed by atoms with Crippen LogP contribution in [0.5, 0.6) is 0 Å². The number of hydrogen-bond acceptors (Lipinski definition) is 4. The molecule has 0 amide bonds. The minimum absolute atomic E-state index is 0.203. The van der Waals surface area contributed by atoms with Gasteiger partial charge in [-0.3, -0.25) is 4.57 Å². The van der Waals surface area contributed by atoms with Crippen molar-refractivity contribution in [2.75, 3.05) is 5.73 Å². The van der Waals surface area contributed by atoms with Crippen molar-refractivity contribution in [3.05, 3.63) is 76.3 Å². The lowest BCUT2D eigenvalue weighted by molar-refractivity contribution is 0.778. The van der Waals surface area contributed by atoms with Crippen molar-refractivity contribution in [2.24, 2.45) is 0 Å². The predicted molar refractivity (Wildman–Crippen MR) is 108 cm³/mol. The van der Waals surface area contributed by atoms with Crippen molar-refractivity contribution in [1.82, 2.24) is 19.5 Å². The van der Waals surface area contributed by atoms with Gasteiger partial charge in [0.1, 0.15) is 5.52 Å². The first-order valence-corrected chi connectivity index (χ1v) is 8.92. The van der Waals surface area contributed by atoms with E-state index >= 15 is 0 Å². The number of aromatic amines is 1. The van der Waals surface area contributed by atoms with Gasteiger partial charge in [0.2, 0.25) is 0 Å². The van der Waals surface area contributed by atoms with Crippen LogP contribution in [0.25, 0.3) is 22.6 Å². The first-order chi connectivity index (χ1) is 13.0. The van der Waals surface area contributed by atoms with Gasteiger partial charge in [0.25, 0.3) is 0 Å². The minimum atomic E-state index is -0.203. The van der Waals surface area contributed by atoms with Crippen LogP contribution in [0.3, 0.4) is 0 Å². The summed E-state index contributed by atoms with van der Waals surface area (Å²) < 4.78 is 1.63. The topological polar surface area (TPSA) is 89.6 Å². The molecule has 0 spiro atoms. The summed E-state index contributed by atoms with van der Waals surface area (Å²) in [4.78, 5) is 24.5. The van der Waals surface area contributed by atoms with Gasteiger partial charge in [-0.2, -0.15) is 0 Å². The molecule has 4 rings (SSSR count). The summed E-state index contributed by atoms with van der Waals surface area (Å²) in [6.07, 6.45) is 1.68. The summed E-state index contributed by atoms with van der Waals surface area (Å²) >= 11 is 0. The lowest BCUT2D eigenvalue weighted by Crippen LogP contribution is -2.17. The third-order valence-electron chi connectivity index (χ3n) is 4.66. The maximum Gasteiger partial charge on any atom is 0.328 e. The Kier molecular flexibility index (Phi) is 4.24. The Balaban J connectivity index is 1.83. The molecule has 2 aromatic heterocycles. The number of fused-ring (bicyclic) bond motifs is 1. The van der Waals surface area contributed by atoms with E-state index in [2.05, 4.69) is 29.9 Å². The summed E-state index contributed by atoms with van der Waals surface area (Å²) in [5.74, 6) is 0.973. The number of benzene rings is 2. The lowest BCUT2D eigenvalue weighted by Gasteiger charge is -2.11. The molecule has 0 atom stereocenters. The van der Waals surface area contributed by atoms with Crippen molar-refractivity contribution >= 4 is 16.9 Å². The number of nitrogens with zero attached hydrogens (tertiary/aromatic N) is 3. The predicted octanol–water partition coefficient (Wildman–Crippen LogP) is 3.54. The average molecular weight is 359 g/mol. The fourth-order valence-electron chi connectivity index (χ4n) is 3.23. The molecule has 2 heterocycles. The van der Waals surface area contributed by atoms with Gasteiger partial charge < -0.3 is 10.7 Å². The zero-order valence-electron chi connectivity index (χ0n) is 15.3. The SMILES string of the molecule is CC(C)c1ccccc1-c1ncc2[nH]c(=O)n(Cc3ccc(N)cc3)c2n1. The highest BCUT2D eigenvalue weighted by Gasteiger charge is 2.14. The van der Waals surface area contributed by atoms with E-state index in [4.69, 9.17) is 10.7 Å². The van der Waals surface area contributed by atoms with E-state index in [0.29, 0.717) is 35.1 Å². The van der Waals surface area contributed by atoms with Gasteiger partial charge in [-0.25, -0.2) is 14.8 Å². The van der Waals surface area contributed by atoms with Crippen molar-refractivity contribution in [3.63, 3.8) is 0 Å². The Labute approximate surface area is 156 Å². The number of aromatic nitrogens is 4. The highest BCUT2D eigenvalue weighted by molar-refractivity contribution is 5.73. The summed E-state index contributed by atoms with van der Waals surface area (Å²) in [5, 5.41) is 0. The second kappa shape index (κ2) is 6.72. The monoisotopic (exact) mass is 359 g/mol. The van der Waals surface area contributed by atoms with E-state index in [-0.39, 0.29) is 5.69 Å². The molecule has 27 heavy (non-hydrogen) atoms. The minimum Gasteiger partial charge on any atom is -0.399 e. The third kappa shape index (κ3) is 3.21. The molecular formula is C21H21N5O. The van der Waals surface area contributed by atoms with Gasteiger partial charge in [0, 0.05) is 11.3 Å². The third-order valence-corrected chi connectivity index (χ3v) is 4.66.